The number of benzene rings is 1. The molecule has 0 radical (unpaired) electrons. The van der Waals surface area contributed by atoms with Gasteiger partial charge in [-0.1, -0.05) is 0 Å². The van der Waals surface area contributed by atoms with Crippen molar-refractivity contribution in [3.63, 3.8) is 0 Å². The minimum Gasteiger partial charge on any atom is -0.356 e. The fourth-order valence-electron chi connectivity index (χ4n) is 3.70. The smallest absolute Gasteiger partial charge is 0.229 e. The molecule has 4 rings (SSSR count). The van der Waals surface area contributed by atoms with E-state index in [-0.39, 0.29) is 17.5 Å². The van der Waals surface area contributed by atoms with Gasteiger partial charge < -0.3 is 10.2 Å². The van der Waals surface area contributed by atoms with Crippen LogP contribution in [0.15, 0.2) is 36.7 Å². The Morgan fingerprint density at radius 1 is 1.10 bits per heavy atom. The highest BCUT2D eigenvalue weighted by molar-refractivity contribution is 5.93. The molecule has 0 bridgehead atoms. The number of hydrogen-bond donors (Lipinski definition) is 1. The van der Waals surface area contributed by atoms with E-state index in [9.17, 15) is 13.6 Å². The van der Waals surface area contributed by atoms with Crippen LogP contribution in [0.5, 0.6) is 0 Å². The zero-order valence-corrected chi connectivity index (χ0v) is 16.8. The van der Waals surface area contributed by atoms with Crippen molar-refractivity contribution in [1.29, 1.82) is 0 Å². The molecule has 1 unspecified atom stereocenters. The average Bonchev–Trinajstić information content (AvgIpc) is 3.09. The molecule has 2 aromatic heterocycles. The standard InChI is InChI=1S/C21H22F2N6O/c1-13-8-14(2)29(27-13)20-10-19(24-12-25-20)28-7-3-4-15(11-28)21(30)26-16-5-6-17(22)18(23)9-16/h5-6,8-10,12,15H,3-4,7,11H2,1-2H3,(H,26,30). The van der Waals surface area contributed by atoms with E-state index in [0.717, 1.165) is 42.3 Å². The SMILES string of the molecule is Cc1cc(C)n(-c2cc(N3CCCC(C(=O)Nc4ccc(F)c(F)c4)C3)ncn2)n1. The summed E-state index contributed by atoms with van der Waals surface area (Å²) in [6.07, 6.45) is 3.02. The number of aryl methyl sites for hydroxylation is 2. The molecule has 0 spiro atoms. The lowest BCUT2D eigenvalue weighted by molar-refractivity contribution is -0.120. The van der Waals surface area contributed by atoms with Crippen molar-refractivity contribution < 1.29 is 13.6 Å². The summed E-state index contributed by atoms with van der Waals surface area (Å²) in [5, 5.41) is 7.14. The van der Waals surface area contributed by atoms with Gasteiger partial charge in [-0.3, -0.25) is 4.79 Å². The van der Waals surface area contributed by atoms with Crippen LogP contribution in [0.3, 0.4) is 0 Å². The summed E-state index contributed by atoms with van der Waals surface area (Å²) in [7, 11) is 0. The van der Waals surface area contributed by atoms with E-state index < -0.39 is 11.6 Å². The molecule has 1 N–H and O–H groups in total. The maximum absolute atomic E-state index is 13.4. The molecule has 1 aromatic carbocycles. The van der Waals surface area contributed by atoms with Gasteiger partial charge in [0.15, 0.2) is 17.5 Å². The summed E-state index contributed by atoms with van der Waals surface area (Å²) in [5.74, 6) is -1.07. The molecule has 7 nitrogen and oxygen atoms in total. The van der Waals surface area contributed by atoms with Crippen LogP contribution in [-0.2, 0) is 4.79 Å². The molecule has 156 valence electrons. The number of halogens is 2. The second-order valence-electron chi connectivity index (χ2n) is 7.48. The minimum absolute atomic E-state index is 0.224. The monoisotopic (exact) mass is 412 g/mol. The summed E-state index contributed by atoms with van der Waals surface area (Å²) < 4.78 is 28.3. The van der Waals surface area contributed by atoms with Gasteiger partial charge in [0.1, 0.15) is 12.1 Å². The summed E-state index contributed by atoms with van der Waals surface area (Å²) in [6, 6.07) is 7.16. The number of carbonyl (C=O) groups is 1. The van der Waals surface area contributed by atoms with Crippen molar-refractivity contribution in [2.24, 2.45) is 5.92 Å². The van der Waals surface area contributed by atoms with Crippen LogP contribution in [0, 0.1) is 31.4 Å². The van der Waals surface area contributed by atoms with E-state index in [4.69, 9.17) is 0 Å². The van der Waals surface area contributed by atoms with Crippen LogP contribution in [0.4, 0.5) is 20.3 Å². The molecule has 1 aliphatic rings. The number of hydrogen-bond acceptors (Lipinski definition) is 5. The van der Waals surface area contributed by atoms with Gasteiger partial charge in [-0.15, -0.1) is 0 Å². The third-order valence-corrected chi connectivity index (χ3v) is 5.17. The lowest BCUT2D eigenvalue weighted by Gasteiger charge is -2.32. The van der Waals surface area contributed by atoms with E-state index in [0.29, 0.717) is 18.8 Å². The van der Waals surface area contributed by atoms with E-state index in [1.807, 2.05) is 30.9 Å². The largest absolute Gasteiger partial charge is 0.356 e. The number of rotatable bonds is 4. The highest BCUT2D eigenvalue weighted by atomic mass is 19.2. The Labute approximate surface area is 172 Å². The highest BCUT2D eigenvalue weighted by Crippen LogP contribution is 2.24. The average molecular weight is 412 g/mol. The van der Waals surface area contributed by atoms with Crippen molar-refractivity contribution in [2.45, 2.75) is 26.7 Å². The highest BCUT2D eigenvalue weighted by Gasteiger charge is 2.27. The predicted octanol–water partition coefficient (Wildman–Crippen LogP) is 3.41. The number of carbonyl (C=O) groups excluding carboxylic acids is 1. The molecule has 1 amide bonds. The number of anilines is 2. The van der Waals surface area contributed by atoms with Crippen molar-refractivity contribution in [3.8, 4) is 5.82 Å². The molecule has 3 heterocycles. The van der Waals surface area contributed by atoms with Gasteiger partial charge in [0.2, 0.25) is 5.91 Å². The molecule has 9 heteroatoms. The van der Waals surface area contributed by atoms with E-state index in [1.165, 1.54) is 12.4 Å². The first-order valence-electron chi connectivity index (χ1n) is 9.77. The van der Waals surface area contributed by atoms with Gasteiger partial charge in [0, 0.05) is 36.6 Å². The van der Waals surface area contributed by atoms with E-state index in [1.54, 1.807) is 4.68 Å². The van der Waals surface area contributed by atoms with Crippen molar-refractivity contribution in [1.82, 2.24) is 19.7 Å². The lowest BCUT2D eigenvalue weighted by Crippen LogP contribution is -2.41. The second kappa shape index (κ2) is 8.17. The van der Waals surface area contributed by atoms with Gasteiger partial charge in [-0.2, -0.15) is 5.10 Å². The molecular formula is C21H22F2N6O. The first-order valence-corrected chi connectivity index (χ1v) is 9.77. The Morgan fingerprint density at radius 2 is 1.90 bits per heavy atom. The van der Waals surface area contributed by atoms with Crippen LogP contribution in [0.1, 0.15) is 24.2 Å². The minimum atomic E-state index is -0.990. The Kier molecular flexibility index (Phi) is 5.43. The number of nitrogens with zero attached hydrogens (tertiary/aromatic N) is 5. The molecule has 1 atom stereocenters. The number of aromatic nitrogens is 4. The summed E-state index contributed by atoms with van der Waals surface area (Å²) in [5.41, 5.74) is 2.11. The van der Waals surface area contributed by atoms with Crippen molar-refractivity contribution in [2.75, 3.05) is 23.3 Å². The number of piperidine rings is 1. The summed E-state index contributed by atoms with van der Waals surface area (Å²) in [6.45, 7) is 5.12. The summed E-state index contributed by atoms with van der Waals surface area (Å²) in [4.78, 5) is 23.4. The first-order chi connectivity index (χ1) is 14.4. The number of amides is 1. The maximum Gasteiger partial charge on any atom is 0.229 e. The fraction of sp³-hybridized carbons (Fsp3) is 0.333. The summed E-state index contributed by atoms with van der Waals surface area (Å²) >= 11 is 0. The zero-order valence-electron chi connectivity index (χ0n) is 16.8. The van der Waals surface area contributed by atoms with Crippen molar-refractivity contribution in [3.05, 3.63) is 59.7 Å². The third kappa shape index (κ3) is 4.14. The molecule has 1 fully saturated rings. The Morgan fingerprint density at radius 3 is 2.63 bits per heavy atom. The quantitative estimate of drug-likeness (QED) is 0.711. The van der Waals surface area contributed by atoms with Crippen LogP contribution >= 0.6 is 0 Å². The molecular weight excluding hydrogens is 390 g/mol. The first kappa shape index (κ1) is 19.9. The van der Waals surface area contributed by atoms with Crippen LogP contribution in [0.2, 0.25) is 0 Å². The molecule has 1 saturated heterocycles. The van der Waals surface area contributed by atoms with Crippen LogP contribution in [0.25, 0.3) is 5.82 Å². The zero-order chi connectivity index (χ0) is 21.3. The predicted molar refractivity (Wildman–Crippen MR) is 109 cm³/mol. The molecule has 1 aliphatic heterocycles. The molecule has 0 aliphatic carbocycles. The van der Waals surface area contributed by atoms with E-state index >= 15 is 0 Å². The van der Waals surface area contributed by atoms with Gasteiger partial charge in [0.05, 0.1) is 11.6 Å². The normalized spacial score (nSPS) is 16.5. The molecule has 30 heavy (non-hydrogen) atoms. The maximum atomic E-state index is 13.4. The van der Waals surface area contributed by atoms with Crippen LogP contribution < -0.4 is 10.2 Å². The lowest BCUT2D eigenvalue weighted by atomic mass is 9.97. The van der Waals surface area contributed by atoms with Crippen molar-refractivity contribution >= 4 is 17.4 Å². The molecule has 0 saturated carbocycles. The van der Waals surface area contributed by atoms with Gasteiger partial charge in [0.25, 0.3) is 0 Å². The fourth-order valence-corrected chi connectivity index (χ4v) is 3.70. The van der Waals surface area contributed by atoms with E-state index in [2.05, 4.69) is 20.4 Å². The Balaban J connectivity index is 1.48. The Hall–Kier alpha value is -3.36. The van der Waals surface area contributed by atoms with Gasteiger partial charge in [-0.05, 0) is 44.9 Å². The van der Waals surface area contributed by atoms with Crippen LogP contribution in [-0.4, -0.2) is 38.7 Å². The Bertz CT molecular complexity index is 1080. The topological polar surface area (TPSA) is 75.9 Å². The van der Waals surface area contributed by atoms with Gasteiger partial charge >= 0.3 is 0 Å². The molecule has 3 aromatic rings. The van der Waals surface area contributed by atoms with Gasteiger partial charge in [-0.25, -0.2) is 23.4 Å². The number of nitrogens with one attached hydrogen (secondary N) is 1. The second-order valence-corrected chi connectivity index (χ2v) is 7.48. The third-order valence-electron chi connectivity index (χ3n) is 5.17.